The normalized spacial score (nSPS) is 14.7. The average molecular weight is 448 g/mol. The van der Waals surface area contributed by atoms with Gasteiger partial charge >= 0.3 is 0 Å². The van der Waals surface area contributed by atoms with Crippen LogP contribution in [0.2, 0.25) is 4.34 Å². The van der Waals surface area contributed by atoms with Crippen LogP contribution in [0.4, 0.5) is 5.69 Å². The molecule has 152 valence electrons. The number of methoxy groups -OCH3 is 1. The van der Waals surface area contributed by atoms with Crippen LogP contribution in [0.1, 0.15) is 12.1 Å². The zero-order chi connectivity index (χ0) is 20.2. The Kier molecular flexibility index (Phi) is 6.37. The first-order valence-corrected chi connectivity index (χ1v) is 11.6. The van der Waals surface area contributed by atoms with Crippen LogP contribution in [0.15, 0.2) is 41.8 Å². The molecule has 2 aromatic heterocycles. The maximum absolute atomic E-state index is 12.8. The van der Waals surface area contributed by atoms with Gasteiger partial charge in [-0.25, -0.2) is 4.98 Å². The minimum atomic E-state index is 0.141. The summed E-state index contributed by atoms with van der Waals surface area (Å²) in [5, 5.41) is 2.90. The molecule has 5 nitrogen and oxygen atoms in total. The van der Waals surface area contributed by atoms with Crippen molar-refractivity contribution in [2.75, 3.05) is 38.2 Å². The number of carbonyl (C=O) groups is 1. The molecule has 0 unspecified atom stereocenters. The highest BCUT2D eigenvalue weighted by molar-refractivity contribution is 7.23. The molecule has 0 radical (unpaired) electrons. The third kappa shape index (κ3) is 4.91. The van der Waals surface area contributed by atoms with E-state index in [1.54, 1.807) is 18.4 Å². The van der Waals surface area contributed by atoms with Gasteiger partial charge in [-0.15, -0.1) is 22.7 Å². The highest BCUT2D eigenvalue weighted by Gasteiger charge is 2.20. The van der Waals surface area contributed by atoms with Gasteiger partial charge in [0.1, 0.15) is 10.8 Å². The van der Waals surface area contributed by atoms with E-state index in [-0.39, 0.29) is 5.91 Å². The van der Waals surface area contributed by atoms with E-state index in [1.807, 2.05) is 34.5 Å². The molecule has 29 heavy (non-hydrogen) atoms. The monoisotopic (exact) mass is 447 g/mol. The number of hydrogen-bond donors (Lipinski definition) is 0. The van der Waals surface area contributed by atoms with E-state index < -0.39 is 0 Å². The maximum Gasteiger partial charge on any atom is 0.228 e. The smallest absolute Gasteiger partial charge is 0.228 e. The van der Waals surface area contributed by atoms with Crippen LogP contribution >= 0.6 is 34.3 Å². The molecule has 0 atom stereocenters. The summed E-state index contributed by atoms with van der Waals surface area (Å²) in [6.45, 7) is 3.27. The number of hydrogen-bond acceptors (Lipinski definition) is 6. The Balaban J connectivity index is 1.35. The summed E-state index contributed by atoms with van der Waals surface area (Å²) in [6.07, 6.45) is 1.30. The lowest BCUT2D eigenvalue weighted by atomic mass is 10.2. The molecule has 1 amide bonds. The predicted octanol–water partition coefficient (Wildman–Crippen LogP) is 4.82. The minimum absolute atomic E-state index is 0.141. The summed E-state index contributed by atoms with van der Waals surface area (Å²) >= 11 is 9.08. The van der Waals surface area contributed by atoms with Crippen molar-refractivity contribution in [3.05, 3.63) is 51.8 Å². The Hall–Kier alpha value is -2.09. The van der Waals surface area contributed by atoms with Crippen LogP contribution in [0.5, 0.6) is 5.75 Å². The van der Waals surface area contributed by atoms with Crippen molar-refractivity contribution < 1.29 is 9.53 Å². The number of benzene rings is 1. The summed E-state index contributed by atoms with van der Waals surface area (Å²) in [7, 11) is 1.67. The van der Waals surface area contributed by atoms with Gasteiger partial charge in [0, 0.05) is 37.2 Å². The highest BCUT2D eigenvalue weighted by atomic mass is 35.5. The molecule has 1 aliphatic heterocycles. The second-order valence-electron chi connectivity index (χ2n) is 6.84. The minimum Gasteiger partial charge on any atom is -0.497 e. The molecule has 0 bridgehead atoms. The molecule has 0 N–H and O–H groups in total. The first kappa shape index (κ1) is 20.2. The number of carbonyl (C=O) groups excluding carboxylic acids is 1. The van der Waals surface area contributed by atoms with Crippen molar-refractivity contribution in [3.8, 4) is 15.6 Å². The SMILES string of the molecule is COc1ccc(N2CCCN(C(=O)Cc3csc(-c4ccc(Cl)s4)n3)CC2)cc1. The Morgan fingerprint density at radius 1 is 1.14 bits per heavy atom. The molecule has 3 heterocycles. The number of ether oxygens (including phenoxy) is 1. The van der Waals surface area contributed by atoms with Crippen molar-refractivity contribution in [1.29, 1.82) is 0 Å². The van der Waals surface area contributed by atoms with Crippen molar-refractivity contribution in [2.24, 2.45) is 0 Å². The second-order valence-corrected chi connectivity index (χ2v) is 9.42. The number of anilines is 1. The van der Waals surface area contributed by atoms with Crippen molar-refractivity contribution >= 4 is 45.9 Å². The molecule has 3 aromatic rings. The van der Waals surface area contributed by atoms with Crippen LogP contribution in [-0.4, -0.2) is 49.1 Å². The maximum atomic E-state index is 12.8. The highest BCUT2D eigenvalue weighted by Crippen LogP contribution is 2.33. The average Bonchev–Trinajstić information content (AvgIpc) is 3.30. The topological polar surface area (TPSA) is 45.7 Å². The van der Waals surface area contributed by atoms with E-state index in [0.717, 1.165) is 58.3 Å². The largest absolute Gasteiger partial charge is 0.497 e. The van der Waals surface area contributed by atoms with Gasteiger partial charge in [-0.1, -0.05) is 11.6 Å². The Morgan fingerprint density at radius 3 is 2.69 bits per heavy atom. The predicted molar refractivity (Wildman–Crippen MR) is 121 cm³/mol. The fraction of sp³-hybridized carbons (Fsp3) is 0.333. The molecule has 0 saturated carbocycles. The summed E-state index contributed by atoms with van der Waals surface area (Å²) < 4.78 is 5.98. The fourth-order valence-electron chi connectivity index (χ4n) is 3.42. The Bertz CT molecular complexity index is 970. The number of rotatable bonds is 5. The van der Waals surface area contributed by atoms with E-state index in [2.05, 4.69) is 22.0 Å². The van der Waals surface area contributed by atoms with Crippen LogP contribution in [0.25, 0.3) is 9.88 Å². The molecule has 4 rings (SSSR count). The molecule has 1 fully saturated rings. The summed E-state index contributed by atoms with van der Waals surface area (Å²) in [6, 6.07) is 11.9. The Labute approximate surface area is 183 Å². The standard InChI is InChI=1S/C21H22ClN3O2S2/c1-27-17-5-3-16(4-6-17)24-9-2-10-25(12-11-24)20(26)13-15-14-28-21(23-15)18-7-8-19(22)29-18/h3-8,14H,2,9-13H2,1H3. The van der Waals surface area contributed by atoms with E-state index in [9.17, 15) is 4.79 Å². The van der Waals surface area contributed by atoms with Gasteiger partial charge in [-0.2, -0.15) is 0 Å². The third-order valence-corrected chi connectivity index (χ3v) is 7.25. The summed E-state index contributed by atoms with van der Waals surface area (Å²) in [5.74, 6) is 0.996. The first-order valence-electron chi connectivity index (χ1n) is 9.49. The first-order chi connectivity index (χ1) is 14.1. The van der Waals surface area contributed by atoms with Crippen LogP contribution in [0.3, 0.4) is 0 Å². The molecule has 0 spiro atoms. The zero-order valence-corrected chi connectivity index (χ0v) is 18.5. The number of halogens is 1. The third-order valence-electron chi connectivity index (χ3n) is 4.95. The lowest BCUT2D eigenvalue weighted by Crippen LogP contribution is -2.36. The lowest BCUT2D eigenvalue weighted by Gasteiger charge is -2.23. The van der Waals surface area contributed by atoms with E-state index in [4.69, 9.17) is 16.3 Å². The molecular weight excluding hydrogens is 426 g/mol. The molecule has 8 heteroatoms. The molecule has 0 aliphatic carbocycles. The summed E-state index contributed by atoms with van der Waals surface area (Å²) in [5.41, 5.74) is 2.00. The van der Waals surface area contributed by atoms with Crippen molar-refractivity contribution in [2.45, 2.75) is 12.8 Å². The van der Waals surface area contributed by atoms with Gasteiger partial charge in [-0.05, 0) is 42.8 Å². The van der Waals surface area contributed by atoms with Crippen LogP contribution in [0, 0.1) is 0 Å². The van der Waals surface area contributed by atoms with Gasteiger partial charge in [0.2, 0.25) is 5.91 Å². The van der Waals surface area contributed by atoms with E-state index in [1.165, 1.54) is 17.0 Å². The zero-order valence-electron chi connectivity index (χ0n) is 16.1. The number of amides is 1. The second kappa shape index (κ2) is 9.15. The van der Waals surface area contributed by atoms with Crippen molar-refractivity contribution in [3.63, 3.8) is 0 Å². The van der Waals surface area contributed by atoms with Crippen LogP contribution in [-0.2, 0) is 11.2 Å². The van der Waals surface area contributed by atoms with Gasteiger partial charge in [0.25, 0.3) is 0 Å². The number of thiophene rings is 1. The Morgan fingerprint density at radius 2 is 1.97 bits per heavy atom. The van der Waals surface area contributed by atoms with Gasteiger partial charge in [0.15, 0.2) is 0 Å². The number of aromatic nitrogens is 1. The molecule has 1 aromatic carbocycles. The number of nitrogens with zero attached hydrogens (tertiary/aromatic N) is 3. The van der Waals surface area contributed by atoms with Gasteiger partial charge < -0.3 is 14.5 Å². The quantitative estimate of drug-likeness (QED) is 0.562. The van der Waals surface area contributed by atoms with E-state index in [0.29, 0.717) is 6.42 Å². The van der Waals surface area contributed by atoms with Crippen molar-refractivity contribution in [1.82, 2.24) is 9.88 Å². The van der Waals surface area contributed by atoms with Crippen LogP contribution < -0.4 is 9.64 Å². The van der Waals surface area contributed by atoms with E-state index >= 15 is 0 Å². The van der Waals surface area contributed by atoms with Gasteiger partial charge in [0.05, 0.1) is 28.4 Å². The number of thiazole rings is 1. The fourth-order valence-corrected chi connectivity index (χ4v) is 5.35. The lowest BCUT2D eigenvalue weighted by molar-refractivity contribution is -0.130. The molecular formula is C21H22ClN3O2S2. The molecule has 1 aliphatic rings. The summed E-state index contributed by atoms with van der Waals surface area (Å²) in [4.78, 5) is 22.8. The molecule has 1 saturated heterocycles. The van der Waals surface area contributed by atoms with Gasteiger partial charge in [-0.3, -0.25) is 4.79 Å².